The topological polar surface area (TPSA) is 52.7 Å². The molecule has 2 aliphatic rings. The number of hydrogen-bond acceptors (Lipinski definition) is 3. The molecule has 2 aliphatic heterocycles. The number of nitrogens with one attached hydrogen (secondary N) is 1. The smallest absolute Gasteiger partial charge is 0.254 e. The molecule has 1 aromatic rings. The zero-order valence-corrected chi connectivity index (χ0v) is 16.2. The van der Waals surface area contributed by atoms with Crippen molar-refractivity contribution in [3.05, 3.63) is 33.8 Å². The summed E-state index contributed by atoms with van der Waals surface area (Å²) in [7, 11) is 0. The van der Waals surface area contributed by atoms with Crippen LogP contribution in [-0.4, -0.2) is 60.4 Å². The molecule has 2 fully saturated rings. The van der Waals surface area contributed by atoms with Crippen LogP contribution in [0.3, 0.4) is 0 Å². The van der Waals surface area contributed by atoms with Crippen LogP contribution in [0.1, 0.15) is 29.6 Å². The van der Waals surface area contributed by atoms with Crippen molar-refractivity contribution in [1.82, 2.24) is 15.1 Å². The van der Waals surface area contributed by atoms with E-state index in [2.05, 4.69) is 5.32 Å². The zero-order chi connectivity index (χ0) is 17.1. The maximum Gasteiger partial charge on any atom is 0.254 e. The Labute approximate surface area is 164 Å². The average molecular weight is 407 g/mol. The summed E-state index contributed by atoms with van der Waals surface area (Å²) >= 11 is 11.9. The maximum absolute atomic E-state index is 12.6. The van der Waals surface area contributed by atoms with Gasteiger partial charge in [0.1, 0.15) is 0 Å². The number of carbonyl (C=O) groups excluding carboxylic acids is 2. The van der Waals surface area contributed by atoms with E-state index >= 15 is 0 Å². The molecule has 3 rings (SSSR count). The third kappa shape index (κ3) is 5.23. The second kappa shape index (κ2) is 9.08. The van der Waals surface area contributed by atoms with E-state index in [0.717, 1.165) is 19.4 Å². The number of carbonyl (C=O) groups is 2. The van der Waals surface area contributed by atoms with Crippen molar-refractivity contribution < 1.29 is 9.59 Å². The van der Waals surface area contributed by atoms with Gasteiger partial charge in [-0.2, -0.15) is 0 Å². The van der Waals surface area contributed by atoms with Gasteiger partial charge in [0.2, 0.25) is 5.91 Å². The number of amides is 2. The van der Waals surface area contributed by atoms with Crippen molar-refractivity contribution in [2.24, 2.45) is 0 Å². The molecular formula is C17H22Cl3N3O2. The van der Waals surface area contributed by atoms with Crippen LogP contribution in [0.2, 0.25) is 10.0 Å². The molecule has 0 saturated carbocycles. The van der Waals surface area contributed by atoms with E-state index in [1.54, 1.807) is 23.1 Å². The molecule has 0 bridgehead atoms. The molecule has 0 aliphatic carbocycles. The van der Waals surface area contributed by atoms with Gasteiger partial charge in [0.25, 0.3) is 5.91 Å². The highest BCUT2D eigenvalue weighted by Gasteiger charge is 2.27. The quantitative estimate of drug-likeness (QED) is 0.840. The molecule has 1 atom stereocenters. The van der Waals surface area contributed by atoms with Crippen LogP contribution in [0.4, 0.5) is 0 Å². The van der Waals surface area contributed by atoms with E-state index < -0.39 is 0 Å². The molecule has 138 valence electrons. The molecule has 1 aromatic carbocycles. The summed E-state index contributed by atoms with van der Waals surface area (Å²) in [6.07, 6.45) is 2.76. The number of nitrogens with zero attached hydrogens (tertiary/aromatic N) is 2. The van der Waals surface area contributed by atoms with Crippen molar-refractivity contribution in [3.8, 4) is 0 Å². The van der Waals surface area contributed by atoms with E-state index in [-0.39, 0.29) is 24.2 Å². The highest BCUT2D eigenvalue weighted by atomic mass is 35.5. The summed E-state index contributed by atoms with van der Waals surface area (Å²) in [6, 6.07) is 5.16. The molecule has 1 N–H and O–H groups in total. The van der Waals surface area contributed by atoms with Gasteiger partial charge in [-0.3, -0.25) is 9.59 Å². The molecule has 0 aromatic heterocycles. The number of piperazine rings is 1. The maximum atomic E-state index is 12.6. The van der Waals surface area contributed by atoms with Crippen LogP contribution in [0, 0.1) is 0 Å². The van der Waals surface area contributed by atoms with Gasteiger partial charge in [-0.05, 0) is 37.6 Å². The Kier molecular flexibility index (Phi) is 7.37. The minimum Gasteiger partial charge on any atom is -0.339 e. The van der Waals surface area contributed by atoms with Crippen LogP contribution >= 0.6 is 35.6 Å². The Morgan fingerprint density at radius 2 is 1.64 bits per heavy atom. The van der Waals surface area contributed by atoms with Gasteiger partial charge in [0.15, 0.2) is 0 Å². The van der Waals surface area contributed by atoms with E-state index in [1.807, 2.05) is 4.90 Å². The monoisotopic (exact) mass is 405 g/mol. The lowest BCUT2D eigenvalue weighted by atomic mass is 10.1. The number of rotatable bonds is 3. The summed E-state index contributed by atoms with van der Waals surface area (Å²) in [5, 5.41) is 4.24. The largest absolute Gasteiger partial charge is 0.339 e. The highest BCUT2D eigenvalue weighted by Crippen LogP contribution is 2.21. The number of benzene rings is 1. The molecule has 1 unspecified atom stereocenters. The predicted octanol–water partition coefficient (Wildman–Crippen LogP) is 2.84. The van der Waals surface area contributed by atoms with Gasteiger partial charge in [0.05, 0.1) is 0 Å². The Bertz CT molecular complexity index is 607. The fourth-order valence-electron chi connectivity index (χ4n) is 3.29. The first kappa shape index (κ1) is 20.3. The van der Waals surface area contributed by atoms with Gasteiger partial charge in [-0.25, -0.2) is 0 Å². The van der Waals surface area contributed by atoms with Crippen molar-refractivity contribution >= 4 is 47.4 Å². The second-order valence-electron chi connectivity index (χ2n) is 6.33. The zero-order valence-electron chi connectivity index (χ0n) is 13.8. The summed E-state index contributed by atoms with van der Waals surface area (Å²) in [4.78, 5) is 28.5. The minimum absolute atomic E-state index is 0. The molecule has 2 heterocycles. The summed E-state index contributed by atoms with van der Waals surface area (Å²) in [5.74, 6) is 0.0799. The summed E-state index contributed by atoms with van der Waals surface area (Å²) < 4.78 is 0. The van der Waals surface area contributed by atoms with Crippen LogP contribution in [0.15, 0.2) is 18.2 Å². The number of halogens is 3. The first-order valence-corrected chi connectivity index (χ1v) is 9.05. The van der Waals surface area contributed by atoms with Crippen molar-refractivity contribution in [3.63, 3.8) is 0 Å². The van der Waals surface area contributed by atoms with E-state index in [0.29, 0.717) is 54.3 Å². The first-order chi connectivity index (χ1) is 11.5. The van der Waals surface area contributed by atoms with Crippen LogP contribution in [0.5, 0.6) is 0 Å². The molecule has 8 heteroatoms. The van der Waals surface area contributed by atoms with Gasteiger partial charge in [0, 0.05) is 54.3 Å². The van der Waals surface area contributed by atoms with Gasteiger partial charge < -0.3 is 15.1 Å². The van der Waals surface area contributed by atoms with E-state index in [4.69, 9.17) is 23.2 Å². The Balaban J connectivity index is 0.00000225. The fourth-order valence-corrected chi connectivity index (χ4v) is 3.82. The molecule has 0 radical (unpaired) electrons. The van der Waals surface area contributed by atoms with E-state index in [1.165, 1.54) is 0 Å². The molecule has 25 heavy (non-hydrogen) atoms. The normalized spacial score (nSPS) is 20.3. The standard InChI is InChI=1S/C17H21Cl2N3O2.ClH/c18-13-8-12(9-14(19)10-13)17(24)22-6-4-21(5-7-22)16(23)11-15-2-1-3-20-15;/h8-10,15,20H,1-7,11H2;1H. The first-order valence-electron chi connectivity index (χ1n) is 8.29. The SMILES string of the molecule is Cl.O=C(CC1CCCN1)N1CCN(C(=O)c2cc(Cl)cc(Cl)c2)CC1. The van der Waals surface area contributed by atoms with Crippen LogP contribution < -0.4 is 5.32 Å². The molecule has 2 amide bonds. The third-order valence-electron chi connectivity index (χ3n) is 4.61. The van der Waals surface area contributed by atoms with E-state index in [9.17, 15) is 9.59 Å². The molecular weight excluding hydrogens is 385 g/mol. The van der Waals surface area contributed by atoms with Crippen molar-refractivity contribution in [2.75, 3.05) is 32.7 Å². The van der Waals surface area contributed by atoms with Gasteiger partial charge in [-0.1, -0.05) is 23.2 Å². The van der Waals surface area contributed by atoms with Crippen LogP contribution in [0.25, 0.3) is 0 Å². The molecule has 0 spiro atoms. The lowest BCUT2D eigenvalue weighted by Crippen LogP contribution is -2.51. The second-order valence-corrected chi connectivity index (χ2v) is 7.20. The van der Waals surface area contributed by atoms with Crippen molar-refractivity contribution in [1.29, 1.82) is 0 Å². The summed E-state index contributed by atoms with van der Waals surface area (Å²) in [5.41, 5.74) is 0.488. The summed E-state index contributed by atoms with van der Waals surface area (Å²) in [6.45, 7) is 3.22. The lowest BCUT2D eigenvalue weighted by Gasteiger charge is -2.35. The fraction of sp³-hybridized carbons (Fsp3) is 0.529. The Morgan fingerprint density at radius 1 is 1.04 bits per heavy atom. The highest BCUT2D eigenvalue weighted by molar-refractivity contribution is 6.35. The Hall–Kier alpha value is -1.01. The van der Waals surface area contributed by atoms with Gasteiger partial charge >= 0.3 is 0 Å². The Morgan fingerprint density at radius 3 is 2.20 bits per heavy atom. The predicted molar refractivity (Wildman–Crippen MR) is 102 cm³/mol. The molecule has 2 saturated heterocycles. The molecule has 5 nitrogen and oxygen atoms in total. The average Bonchev–Trinajstić information content (AvgIpc) is 3.06. The number of hydrogen-bond donors (Lipinski definition) is 1. The van der Waals surface area contributed by atoms with Crippen LogP contribution in [-0.2, 0) is 4.79 Å². The van der Waals surface area contributed by atoms with Gasteiger partial charge in [-0.15, -0.1) is 12.4 Å². The van der Waals surface area contributed by atoms with Crippen molar-refractivity contribution in [2.45, 2.75) is 25.3 Å². The minimum atomic E-state index is -0.0936. The lowest BCUT2D eigenvalue weighted by molar-refractivity contribution is -0.133. The third-order valence-corrected chi connectivity index (χ3v) is 5.05.